The molecule has 1 aliphatic carbocycles. The van der Waals surface area contributed by atoms with Crippen molar-refractivity contribution >= 4 is 29.2 Å². The third-order valence-corrected chi connectivity index (χ3v) is 7.01. The first-order valence-corrected chi connectivity index (χ1v) is 13.0. The van der Waals surface area contributed by atoms with E-state index in [1.807, 2.05) is 12.1 Å². The van der Waals surface area contributed by atoms with Gasteiger partial charge in [0, 0.05) is 36.9 Å². The lowest BCUT2D eigenvalue weighted by Gasteiger charge is -2.41. The van der Waals surface area contributed by atoms with Crippen molar-refractivity contribution in [3.05, 3.63) is 52.9 Å². The minimum absolute atomic E-state index is 0.00369. The van der Waals surface area contributed by atoms with Gasteiger partial charge in [-0.1, -0.05) is 24.9 Å². The van der Waals surface area contributed by atoms with Crippen LogP contribution in [0, 0.1) is 5.82 Å². The van der Waals surface area contributed by atoms with Gasteiger partial charge in [0.2, 0.25) is 0 Å². The third kappa shape index (κ3) is 6.46. The number of piperidine rings is 1. The maximum atomic E-state index is 13.8. The number of halogens is 2. The van der Waals surface area contributed by atoms with Gasteiger partial charge in [-0.05, 0) is 70.2 Å². The second kappa shape index (κ2) is 11.0. The molecular formula is C27H34ClFN4O3. The predicted molar refractivity (Wildman–Crippen MR) is 138 cm³/mol. The van der Waals surface area contributed by atoms with Crippen LogP contribution in [-0.4, -0.2) is 47.1 Å². The van der Waals surface area contributed by atoms with E-state index in [4.69, 9.17) is 16.3 Å². The van der Waals surface area contributed by atoms with E-state index in [1.165, 1.54) is 12.1 Å². The number of rotatable bonds is 9. The predicted octanol–water partition coefficient (Wildman–Crippen LogP) is 4.88. The lowest BCUT2D eigenvalue weighted by Crippen LogP contribution is -2.55. The first-order chi connectivity index (χ1) is 17.2. The van der Waals surface area contributed by atoms with Crippen LogP contribution in [-0.2, 0) is 4.79 Å². The van der Waals surface area contributed by atoms with E-state index in [2.05, 4.69) is 27.4 Å². The first kappa shape index (κ1) is 26.2. The van der Waals surface area contributed by atoms with E-state index < -0.39 is 11.4 Å². The molecule has 1 aliphatic heterocycles. The number of pyridine rings is 1. The number of carbonyl (C=O) groups excluding carboxylic acids is 2. The van der Waals surface area contributed by atoms with E-state index in [9.17, 15) is 14.0 Å². The van der Waals surface area contributed by atoms with Crippen molar-refractivity contribution in [1.29, 1.82) is 0 Å². The molecule has 1 saturated heterocycles. The minimum Gasteiger partial charge on any atom is -0.478 e. The summed E-state index contributed by atoms with van der Waals surface area (Å²) in [6.45, 7) is 6.21. The summed E-state index contributed by atoms with van der Waals surface area (Å²) in [6.07, 6.45) is 7.22. The summed E-state index contributed by atoms with van der Waals surface area (Å²) < 4.78 is 19.6. The number of nitrogens with one attached hydrogen (secondary N) is 2. The lowest BCUT2D eigenvalue weighted by molar-refractivity contribution is -0.135. The molecule has 2 heterocycles. The molecular weight excluding hydrogens is 483 g/mol. The van der Waals surface area contributed by atoms with Crippen LogP contribution in [0.15, 0.2) is 36.5 Å². The molecule has 2 N–H and O–H groups in total. The minimum atomic E-state index is -1.18. The maximum absolute atomic E-state index is 13.8. The second-order valence-corrected chi connectivity index (χ2v) is 10.6. The normalized spacial score (nSPS) is 20.1. The van der Waals surface area contributed by atoms with Gasteiger partial charge in [-0.3, -0.25) is 9.59 Å². The Balaban J connectivity index is 1.36. The summed E-state index contributed by atoms with van der Waals surface area (Å²) in [4.78, 5) is 32.2. The summed E-state index contributed by atoms with van der Waals surface area (Å²) in [5.74, 6) is 0.168. The van der Waals surface area contributed by atoms with Crippen molar-refractivity contribution in [2.45, 2.75) is 83.0 Å². The van der Waals surface area contributed by atoms with E-state index in [0.29, 0.717) is 11.6 Å². The van der Waals surface area contributed by atoms with Crippen LogP contribution in [0.5, 0.6) is 5.75 Å². The molecule has 2 atom stereocenters. The molecule has 2 aromatic rings. The van der Waals surface area contributed by atoms with Gasteiger partial charge >= 0.3 is 0 Å². The molecule has 2 unspecified atom stereocenters. The smallest absolute Gasteiger partial charge is 0.263 e. The lowest BCUT2D eigenvalue weighted by atomic mass is 9.93. The molecule has 2 aliphatic rings. The maximum Gasteiger partial charge on any atom is 0.263 e. The summed E-state index contributed by atoms with van der Waals surface area (Å²) in [7, 11) is 0. The molecule has 36 heavy (non-hydrogen) atoms. The molecule has 0 spiro atoms. The first-order valence-electron chi connectivity index (χ1n) is 12.6. The zero-order valence-electron chi connectivity index (χ0n) is 21.0. The fraction of sp³-hybridized carbons (Fsp3) is 0.519. The van der Waals surface area contributed by atoms with Crippen molar-refractivity contribution in [3.63, 3.8) is 0 Å². The molecule has 194 valence electrons. The van der Waals surface area contributed by atoms with E-state index >= 15 is 0 Å². The Morgan fingerprint density at radius 1 is 1.17 bits per heavy atom. The molecule has 7 nitrogen and oxygen atoms in total. The molecule has 2 amide bonds. The second-order valence-electron chi connectivity index (χ2n) is 10.2. The van der Waals surface area contributed by atoms with Gasteiger partial charge in [0.25, 0.3) is 11.8 Å². The average Bonchev–Trinajstić information content (AvgIpc) is 3.66. The average molecular weight is 517 g/mol. The Morgan fingerprint density at radius 2 is 1.94 bits per heavy atom. The van der Waals surface area contributed by atoms with Crippen molar-refractivity contribution in [3.8, 4) is 5.75 Å². The number of amides is 2. The van der Waals surface area contributed by atoms with Gasteiger partial charge in [-0.2, -0.15) is 0 Å². The molecule has 0 radical (unpaired) electrons. The number of nitrogens with zero attached hydrogens (tertiary/aromatic N) is 2. The van der Waals surface area contributed by atoms with E-state index in [1.54, 1.807) is 26.1 Å². The van der Waals surface area contributed by atoms with Crippen molar-refractivity contribution in [2.75, 3.05) is 11.4 Å². The van der Waals surface area contributed by atoms with Crippen molar-refractivity contribution in [2.24, 2.45) is 0 Å². The number of benzene rings is 1. The van der Waals surface area contributed by atoms with Gasteiger partial charge < -0.3 is 20.3 Å². The van der Waals surface area contributed by atoms with Crippen LogP contribution < -0.4 is 20.3 Å². The van der Waals surface area contributed by atoms with Crippen molar-refractivity contribution in [1.82, 2.24) is 15.6 Å². The highest BCUT2D eigenvalue weighted by Crippen LogP contribution is 2.28. The molecule has 9 heteroatoms. The standard InChI is InChI=1S/C27H34ClFN4O3/c1-4-5-20-14-19(32-26(35)27(2,3)36-21-9-10-22(28)23(29)15-21)12-13-33(20)24-11-6-17(16-30-24)25(34)31-18-7-8-18/h6,9-11,15-16,18-20H,4-5,7-8,12-14H2,1-3H3,(H,31,34)(H,32,35). The van der Waals surface area contributed by atoms with Gasteiger partial charge in [0.05, 0.1) is 10.6 Å². The zero-order chi connectivity index (χ0) is 25.9. The monoisotopic (exact) mass is 516 g/mol. The number of aromatic nitrogens is 1. The zero-order valence-corrected chi connectivity index (χ0v) is 21.8. The highest BCUT2D eigenvalue weighted by atomic mass is 35.5. The summed E-state index contributed by atoms with van der Waals surface area (Å²) in [5, 5.41) is 6.12. The van der Waals surface area contributed by atoms with E-state index in [-0.39, 0.29) is 34.7 Å². The van der Waals surface area contributed by atoms with E-state index in [0.717, 1.165) is 50.9 Å². The summed E-state index contributed by atoms with van der Waals surface area (Å²) in [5.41, 5.74) is -0.613. The van der Waals surface area contributed by atoms with Gasteiger partial charge in [0.15, 0.2) is 5.60 Å². The molecule has 0 bridgehead atoms. The SMILES string of the molecule is CCCC1CC(NC(=O)C(C)(C)Oc2ccc(Cl)c(F)c2)CCN1c1ccc(C(=O)NC2CC2)cn1. The van der Waals surface area contributed by atoms with Crippen LogP contribution in [0.2, 0.25) is 5.02 Å². The molecule has 1 aromatic heterocycles. The third-order valence-electron chi connectivity index (χ3n) is 6.70. The number of ether oxygens (including phenoxy) is 1. The molecule has 1 saturated carbocycles. The van der Waals surface area contributed by atoms with Crippen LogP contribution in [0.4, 0.5) is 10.2 Å². The fourth-order valence-electron chi connectivity index (χ4n) is 4.52. The number of hydrogen-bond acceptors (Lipinski definition) is 5. The van der Waals surface area contributed by atoms with Crippen LogP contribution in [0.1, 0.15) is 69.7 Å². The molecule has 1 aromatic carbocycles. The van der Waals surface area contributed by atoms with Gasteiger partial charge in [0.1, 0.15) is 17.4 Å². The van der Waals surface area contributed by atoms with Gasteiger partial charge in [-0.15, -0.1) is 0 Å². The quantitative estimate of drug-likeness (QED) is 0.496. The topological polar surface area (TPSA) is 83.6 Å². The largest absolute Gasteiger partial charge is 0.478 e. The van der Waals surface area contributed by atoms with Crippen LogP contribution in [0.25, 0.3) is 0 Å². The Hall–Kier alpha value is -2.87. The summed E-state index contributed by atoms with van der Waals surface area (Å²) in [6, 6.07) is 8.38. The Morgan fingerprint density at radius 3 is 2.58 bits per heavy atom. The highest BCUT2D eigenvalue weighted by molar-refractivity contribution is 6.30. The fourth-order valence-corrected chi connectivity index (χ4v) is 4.64. The van der Waals surface area contributed by atoms with Crippen LogP contribution >= 0.6 is 11.6 Å². The van der Waals surface area contributed by atoms with Crippen molar-refractivity contribution < 1.29 is 18.7 Å². The highest BCUT2D eigenvalue weighted by Gasteiger charge is 2.35. The Kier molecular flexibility index (Phi) is 8.03. The molecule has 4 rings (SSSR count). The van der Waals surface area contributed by atoms with Gasteiger partial charge in [-0.25, -0.2) is 9.37 Å². The Bertz CT molecular complexity index is 1090. The van der Waals surface area contributed by atoms with Crippen LogP contribution in [0.3, 0.4) is 0 Å². The molecule has 2 fully saturated rings. The number of anilines is 1. The Labute approximate surface area is 216 Å². The summed E-state index contributed by atoms with van der Waals surface area (Å²) >= 11 is 5.74. The number of hydrogen-bond donors (Lipinski definition) is 2. The number of carbonyl (C=O) groups is 2.